The number of aryl methyl sites for hydroxylation is 1. The van der Waals surface area contributed by atoms with Gasteiger partial charge in [0, 0.05) is 43.7 Å². The van der Waals surface area contributed by atoms with E-state index >= 15 is 0 Å². The van der Waals surface area contributed by atoms with E-state index in [1.807, 2.05) is 18.5 Å². The maximum Gasteiger partial charge on any atom is 0.307 e. The number of carbonyl (C=O) groups excluding carboxylic acids is 2. The van der Waals surface area contributed by atoms with Crippen LogP contribution >= 0.6 is 11.6 Å². The lowest BCUT2D eigenvalue weighted by molar-refractivity contribution is -0.154. The van der Waals surface area contributed by atoms with E-state index in [0.29, 0.717) is 61.9 Å². The van der Waals surface area contributed by atoms with Gasteiger partial charge in [0.25, 0.3) is 0 Å². The van der Waals surface area contributed by atoms with Gasteiger partial charge in [-0.15, -0.1) is 10.2 Å². The van der Waals surface area contributed by atoms with Crippen LogP contribution in [0.2, 0.25) is 5.02 Å². The molecule has 0 bridgehead atoms. The Kier molecular flexibility index (Phi) is 7.61. The third-order valence-electron chi connectivity index (χ3n) is 8.36. The molecule has 1 N–H and O–H groups in total. The van der Waals surface area contributed by atoms with Gasteiger partial charge in [0.05, 0.1) is 17.9 Å². The zero-order valence-electron chi connectivity index (χ0n) is 21.9. The fourth-order valence-electron chi connectivity index (χ4n) is 6.12. The number of ether oxygens (including phenoxy) is 1. The predicted molar refractivity (Wildman–Crippen MR) is 139 cm³/mol. The van der Waals surface area contributed by atoms with E-state index in [2.05, 4.69) is 10.2 Å². The van der Waals surface area contributed by atoms with Crippen LogP contribution in [0.4, 0.5) is 0 Å². The van der Waals surface area contributed by atoms with Gasteiger partial charge in [0.1, 0.15) is 18.2 Å². The summed E-state index contributed by atoms with van der Waals surface area (Å²) < 4.78 is 8.13. The van der Waals surface area contributed by atoms with Crippen LogP contribution in [0.25, 0.3) is 0 Å². The Morgan fingerprint density at radius 2 is 1.87 bits per heavy atom. The van der Waals surface area contributed by atoms with E-state index in [4.69, 9.17) is 16.3 Å². The first-order valence-electron chi connectivity index (χ1n) is 13.4. The number of hydrogen-bond donors (Lipinski definition) is 1. The van der Waals surface area contributed by atoms with Crippen LogP contribution in [0, 0.1) is 18.8 Å². The molecule has 1 saturated heterocycles. The van der Waals surface area contributed by atoms with Crippen LogP contribution in [-0.2, 0) is 34.5 Å². The van der Waals surface area contributed by atoms with Crippen molar-refractivity contribution in [2.45, 2.75) is 64.5 Å². The van der Waals surface area contributed by atoms with Crippen LogP contribution in [-0.4, -0.2) is 67.1 Å². The summed E-state index contributed by atoms with van der Waals surface area (Å²) >= 11 is 6.67. The Morgan fingerprint density at radius 1 is 1.11 bits per heavy atom. The van der Waals surface area contributed by atoms with E-state index in [1.54, 1.807) is 21.9 Å². The quantitative estimate of drug-likeness (QED) is 0.569. The Balaban J connectivity index is 1.52. The second-order valence-corrected chi connectivity index (χ2v) is 10.9. The van der Waals surface area contributed by atoms with E-state index < -0.39 is 23.8 Å². The molecule has 3 aliphatic rings. The number of carbonyl (C=O) groups is 3. The van der Waals surface area contributed by atoms with Crippen LogP contribution in [0.3, 0.4) is 0 Å². The van der Waals surface area contributed by atoms with Gasteiger partial charge in [0.2, 0.25) is 11.8 Å². The minimum Gasteiger partial charge on any atom is -0.485 e. The van der Waals surface area contributed by atoms with Gasteiger partial charge in [-0.05, 0) is 50.3 Å². The Bertz CT molecular complexity index is 1250. The predicted octanol–water partition coefficient (Wildman–Crippen LogP) is 3.30. The Morgan fingerprint density at radius 3 is 2.53 bits per heavy atom. The number of carboxylic acid groups (broad SMARTS) is 1. The number of aliphatic carboxylic acids is 1. The van der Waals surface area contributed by atoms with Crippen molar-refractivity contribution in [1.29, 1.82) is 0 Å². The standard InChI is InChI=1S/C27H34ClN5O5/c1-16-29-30-23(31(16)2)15-38-22-10-9-20(28)19-11-13-33(21(25(19)22)14-32-12-5-8-24(32)34)26(35)17-6-3-4-7-18(17)27(36)37/h9-10,17-18,21H,3-8,11-15H2,1-2H3,(H,36,37)/t17?,18?,21-/m1/s1. The summed E-state index contributed by atoms with van der Waals surface area (Å²) in [6.07, 6.45) is 4.49. The van der Waals surface area contributed by atoms with Crippen LogP contribution < -0.4 is 4.74 Å². The summed E-state index contributed by atoms with van der Waals surface area (Å²) in [4.78, 5) is 42.3. The van der Waals surface area contributed by atoms with Crippen molar-refractivity contribution in [3.05, 3.63) is 39.9 Å². The topological polar surface area (TPSA) is 118 Å². The number of rotatable bonds is 7. The lowest BCUT2D eigenvalue weighted by atomic mass is 9.77. The molecule has 204 valence electrons. The molecule has 38 heavy (non-hydrogen) atoms. The number of nitrogens with zero attached hydrogens (tertiary/aromatic N) is 5. The molecule has 3 heterocycles. The molecule has 3 atom stereocenters. The summed E-state index contributed by atoms with van der Waals surface area (Å²) in [6.45, 7) is 3.40. The molecule has 2 unspecified atom stereocenters. The summed E-state index contributed by atoms with van der Waals surface area (Å²) in [6, 6.07) is 3.12. The van der Waals surface area contributed by atoms with Gasteiger partial charge in [-0.25, -0.2) is 0 Å². The van der Waals surface area contributed by atoms with Crippen LogP contribution in [0.5, 0.6) is 5.75 Å². The number of benzene rings is 1. The smallest absolute Gasteiger partial charge is 0.307 e. The Hall–Kier alpha value is -3.14. The molecule has 5 rings (SSSR count). The molecule has 1 aromatic heterocycles. The summed E-state index contributed by atoms with van der Waals surface area (Å²) in [5, 5.41) is 18.7. The molecule has 2 fully saturated rings. The third kappa shape index (κ3) is 4.98. The fourth-order valence-corrected chi connectivity index (χ4v) is 6.38. The van der Waals surface area contributed by atoms with E-state index in [9.17, 15) is 19.5 Å². The SMILES string of the molecule is Cc1nnc(COc2ccc(Cl)c3c2[C@@H](CN2CCCC2=O)N(C(=O)C2CCCCC2C(=O)O)CC3)n1C. The highest BCUT2D eigenvalue weighted by atomic mass is 35.5. The molecule has 2 amide bonds. The normalized spacial score (nSPS) is 23.4. The highest BCUT2D eigenvalue weighted by Gasteiger charge is 2.43. The van der Waals surface area contributed by atoms with Crippen molar-refractivity contribution in [3.63, 3.8) is 0 Å². The zero-order chi connectivity index (χ0) is 27.0. The zero-order valence-corrected chi connectivity index (χ0v) is 22.6. The number of hydrogen-bond acceptors (Lipinski definition) is 6. The molecular weight excluding hydrogens is 510 g/mol. The molecule has 11 heteroatoms. The lowest BCUT2D eigenvalue weighted by Crippen LogP contribution is -2.50. The van der Waals surface area contributed by atoms with Gasteiger partial charge in [-0.1, -0.05) is 24.4 Å². The fraction of sp³-hybridized carbons (Fsp3) is 0.593. The largest absolute Gasteiger partial charge is 0.485 e. The maximum absolute atomic E-state index is 14.0. The van der Waals surface area contributed by atoms with Crippen molar-refractivity contribution in [2.75, 3.05) is 19.6 Å². The molecule has 1 aromatic carbocycles. The number of halogens is 1. The van der Waals surface area contributed by atoms with Gasteiger partial charge in [-0.2, -0.15) is 0 Å². The molecule has 10 nitrogen and oxygen atoms in total. The van der Waals surface area contributed by atoms with Gasteiger partial charge >= 0.3 is 5.97 Å². The number of carboxylic acids is 1. The summed E-state index contributed by atoms with van der Waals surface area (Å²) in [7, 11) is 1.87. The van der Waals surface area contributed by atoms with Crippen LogP contribution in [0.1, 0.15) is 67.3 Å². The van der Waals surface area contributed by atoms with Crippen LogP contribution in [0.15, 0.2) is 12.1 Å². The van der Waals surface area contributed by atoms with Crippen molar-refractivity contribution in [1.82, 2.24) is 24.6 Å². The highest BCUT2D eigenvalue weighted by molar-refractivity contribution is 6.31. The minimum absolute atomic E-state index is 0.0599. The van der Waals surface area contributed by atoms with Gasteiger partial charge in [-0.3, -0.25) is 14.4 Å². The van der Waals surface area contributed by atoms with Crippen molar-refractivity contribution >= 4 is 29.4 Å². The summed E-state index contributed by atoms with van der Waals surface area (Å²) in [5.41, 5.74) is 1.69. The van der Waals surface area contributed by atoms with Crippen molar-refractivity contribution in [3.8, 4) is 5.75 Å². The highest BCUT2D eigenvalue weighted by Crippen LogP contribution is 2.43. The number of likely N-dealkylation sites (tertiary alicyclic amines) is 1. The molecule has 0 radical (unpaired) electrons. The molecule has 0 spiro atoms. The van der Waals surface area contributed by atoms with E-state index in [-0.39, 0.29) is 18.4 Å². The first kappa shape index (κ1) is 26.5. The molecular formula is C27H34ClN5O5. The first-order valence-corrected chi connectivity index (χ1v) is 13.7. The molecule has 1 aliphatic carbocycles. The Labute approximate surface area is 226 Å². The molecule has 2 aromatic rings. The number of amides is 2. The number of fused-ring (bicyclic) bond motifs is 1. The second-order valence-electron chi connectivity index (χ2n) is 10.5. The second kappa shape index (κ2) is 10.9. The summed E-state index contributed by atoms with van der Waals surface area (Å²) in [5.74, 6) is -0.280. The minimum atomic E-state index is -0.919. The van der Waals surface area contributed by atoms with Gasteiger partial charge < -0.3 is 24.2 Å². The number of aromatic nitrogens is 3. The van der Waals surface area contributed by atoms with Crippen molar-refractivity contribution in [2.24, 2.45) is 18.9 Å². The van der Waals surface area contributed by atoms with Crippen molar-refractivity contribution < 1.29 is 24.2 Å². The third-order valence-corrected chi connectivity index (χ3v) is 8.71. The lowest BCUT2D eigenvalue weighted by Gasteiger charge is -2.43. The average molecular weight is 544 g/mol. The average Bonchev–Trinajstić information content (AvgIpc) is 3.47. The van der Waals surface area contributed by atoms with E-state index in [1.165, 1.54) is 0 Å². The molecule has 2 aliphatic heterocycles. The monoisotopic (exact) mass is 543 g/mol. The maximum atomic E-state index is 14.0. The van der Waals surface area contributed by atoms with E-state index in [0.717, 1.165) is 36.2 Å². The molecule has 1 saturated carbocycles. The van der Waals surface area contributed by atoms with Gasteiger partial charge in [0.15, 0.2) is 5.82 Å². The first-order chi connectivity index (χ1) is 18.3.